The number of primary amides is 1. The summed E-state index contributed by atoms with van der Waals surface area (Å²) in [6.07, 6.45) is 7.43. The number of rotatable bonds is 6. The summed E-state index contributed by atoms with van der Waals surface area (Å²) in [4.78, 5) is 24.4. The maximum Gasteiger partial charge on any atom is 0.245 e. The van der Waals surface area contributed by atoms with Gasteiger partial charge < -0.3 is 16.8 Å². The lowest BCUT2D eigenvalue weighted by Crippen LogP contribution is -2.37. The van der Waals surface area contributed by atoms with Crippen molar-refractivity contribution in [1.82, 2.24) is 0 Å². The van der Waals surface area contributed by atoms with E-state index < -0.39 is 11.9 Å². The first-order valence-corrected chi connectivity index (χ1v) is 8.83. The molecule has 5 nitrogen and oxygen atoms in total. The number of allylic oxidation sites excluding steroid dienone is 3. The molecule has 0 saturated heterocycles. The van der Waals surface area contributed by atoms with Crippen molar-refractivity contribution in [2.24, 2.45) is 11.5 Å². The largest absolute Gasteiger partial charge is 0.366 e. The number of benzene rings is 2. The van der Waals surface area contributed by atoms with Gasteiger partial charge in [0.15, 0.2) is 0 Å². The van der Waals surface area contributed by atoms with Crippen LogP contribution in [0.1, 0.15) is 23.5 Å². The van der Waals surface area contributed by atoms with Gasteiger partial charge in [-0.3, -0.25) is 9.59 Å². The van der Waals surface area contributed by atoms with Crippen LogP contribution in [-0.2, 0) is 16.0 Å². The zero-order chi connectivity index (χ0) is 19.2. The Kier molecular flexibility index (Phi) is 5.84. The fourth-order valence-corrected chi connectivity index (χ4v) is 3.20. The van der Waals surface area contributed by atoms with Gasteiger partial charge >= 0.3 is 0 Å². The number of carbonyl (C=O) groups is 2. The van der Waals surface area contributed by atoms with Crippen molar-refractivity contribution in [3.05, 3.63) is 89.5 Å². The molecular weight excluding hydrogens is 338 g/mol. The third kappa shape index (κ3) is 4.51. The van der Waals surface area contributed by atoms with E-state index in [1.54, 1.807) is 6.08 Å². The van der Waals surface area contributed by atoms with Gasteiger partial charge in [-0.15, -0.1) is 0 Å². The lowest BCUT2D eigenvalue weighted by atomic mass is 9.84. The minimum absolute atomic E-state index is 0.217. The first-order chi connectivity index (χ1) is 13.1. The van der Waals surface area contributed by atoms with Gasteiger partial charge in [0.2, 0.25) is 11.8 Å². The second-order valence-corrected chi connectivity index (χ2v) is 6.50. The van der Waals surface area contributed by atoms with E-state index in [1.165, 1.54) is 0 Å². The molecule has 2 amide bonds. The number of amides is 2. The van der Waals surface area contributed by atoms with Gasteiger partial charge in [0.05, 0.1) is 6.04 Å². The van der Waals surface area contributed by atoms with E-state index in [1.807, 2.05) is 60.7 Å². The molecule has 0 aromatic heterocycles. The van der Waals surface area contributed by atoms with Gasteiger partial charge in [-0.1, -0.05) is 54.6 Å². The summed E-state index contributed by atoms with van der Waals surface area (Å²) < 4.78 is 0. The first-order valence-electron chi connectivity index (χ1n) is 8.83. The molecule has 5 heteroatoms. The van der Waals surface area contributed by atoms with Crippen molar-refractivity contribution >= 4 is 17.5 Å². The summed E-state index contributed by atoms with van der Waals surface area (Å²) in [5.41, 5.74) is 14.6. The molecule has 0 aliphatic heterocycles. The molecule has 2 aromatic rings. The molecule has 3 rings (SSSR count). The van der Waals surface area contributed by atoms with Gasteiger partial charge in [-0.25, -0.2) is 0 Å². The maximum atomic E-state index is 12.6. The zero-order valence-corrected chi connectivity index (χ0v) is 14.9. The Labute approximate surface area is 158 Å². The van der Waals surface area contributed by atoms with Crippen LogP contribution in [-0.4, -0.2) is 17.9 Å². The SMILES string of the molecule is NC(=O)C1=C[C]=CCC1c1ccccc1NC(=O)C(N)Cc1ccccc1. The summed E-state index contributed by atoms with van der Waals surface area (Å²) >= 11 is 0. The molecule has 2 unspecified atom stereocenters. The van der Waals surface area contributed by atoms with E-state index in [-0.39, 0.29) is 11.8 Å². The van der Waals surface area contributed by atoms with Crippen LogP contribution in [0.3, 0.4) is 0 Å². The fraction of sp³-hybridized carbons (Fsp3) is 0.182. The molecule has 27 heavy (non-hydrogen) atoms. The quantitative estimate of drug-likeness (QED) is 0.738. The Hall–Kier alpha value is -3.18. The molecule has 137 valence electrons. The van der Waals surface area contributed by atoms with Crippen molar-refractivity contribution in [1.29, 1.82) is 0 Å². The Bertz CT molecular complexity index is 887. The third-order valence-electron chi connectivity index (χ3n) is 4.60. The predicted molar refractivity (Wildman–Crippen MR) is 106 cm³/mol. The minimum Gasteiger partial charge on any atom is -0.366 e. The number of para-hydroxylation sites is 1. The summed E-state index contributed by atoms with van der Waals surface area (Å²) in [5, 5.41) is 2.91. The van der Waals surface area contributed by atoms with Crippen molar-refractivity contribution in [3.63, 3.8) is 0 Å². The average molecular weight is 360 g/mol. The minimum atomic E-state index is -0.675. The second-order valence-electron chi connectivity index (χ2n) is 6.50. The molecule has 2 aromatic carbocycles. The van der Waals surface area contributed by atoms with E-state index in [0.29, 0.717) is 24.1 Å². The molecule has 5 N–H and O–H groups in total. The Morgan fingerprint density at radius 1 is 1.11 bits per heavy atom. The highest BCUT2D eigenvalue weighted by molar-refractivity contribution is 5.97. The van der Waals surface area contributed by atoms with Crippen LogP contribution in [0.4, 0.5) is 5.69 Å². The smallest absolute Gasteiger partial charge is 0.245 e. The summed E-state index contributed by atoms with van der Waals surface area (Å²) in [6, 6.07) is 16.4. The third-order valence-corrected chi connectivity index (χ3v) is 4.60. The molecule has 0 spiro atoms. The molecular formula is C22H22N3O2. The number of carbonyl (C=O) groups excluding carboxylic acids is 2. The van der Waals surface area contributed by atoms with E-state index in [2.05, 4.69) is 11.4 Å². The Morgan fingerprint density at radius 2 is 1.81 bits per heavy atom. The van der Waals surface area contributed by atoms with Crippen LogP contribution in [0, 0.1) is 6.08 Å². The normalized spacial score (nSPS) is 17.1. The van der Waals surface area contributed by atoms with Crippen LogP contribution >= 0.6 is 0 Å². The molecule has 0 heterocycles. The average Bonchev–Trinajstić information content (AvgIpc) is 2.69. The van der Waals surface area contributed by atoms with Crippen molar-refractivity contribution in [2.45, 2.75) is 24.8 Å². The van der Waals surface area contributed by atoms with E-state index in [9.17, 15) is 9.59 Å². The highest BCUT2D eigenvalue weighted by atomic mass is 16.2. The number of hydrogen-bond donors (Lipinski definition) is 3. The fourth-order valence-electron chi connectivity index (χ4n) is 3.20. The lowest BCUT2D eigenvalue weighted by Gasteiger charge is -2.23. The summed E-state index contributed by atoms with van der Waals surface area (Å²) in [6.45, 7) is 0. The number of hydrogen-bond acceptors (Lipinski definition) is 3. The lowest BCUT2D eigenvalue weighted by molar-refractivity contribution is -0.117. The molecule has 1 aliphatic carbocycles. The number of nitrogens with two attached hydrogens (primary N) is 2. The Morgan fingerprint density at radius 3 is 2.56 bits per heavy atom. The second kappa shape index (κ2) is 8.47. The van der Waals surface area contributed by atoms with Crippen molar-refractivity contribution < 1.29 is 9.59 Å². The zero-order valence-electron chi connectivity index (χ0n) is 14.9. The topological polar surface area (TPSA) is 98.2 Å². The monoisotopic (exact) mass is 360 g/mol. The van der Waals surface area contributed by atoms with Crippen LogP contribution in [0.15, 0.2) is 72.3 Å². The van der Waals surface area contributed by atoms with Gasteiger partial charge in [-0.2, -0.15) is 0 Å². The molecule has 0 fully saturated rings. The molecule has 2 atom stereocenters. The predicted octanol–water partition coefficient (Wildman–Crippen LogP) is 2.45. The Balaban J connectivity index is 1.78. The van der Waals surface area contributed by atoms with Crippen LogP contribution in [0.5, 0.6) is 0 Å². The van der Waals surface area contributed by atoms with Crippen LogP contribution in [0.25, 0.3) is 0 Å². The first kappa shape index (κ1) is 18.6. The summed E-state index contributed by atoms with van der Waals surface area (Å²) in [5.74, 6) is -0.970. The molecule has 0 bridgehead atoms. The van der Waals surface area contributed by atoms with Crippen LogP contribution in [0.2, 0.25) is 0 Å². The van der Waals surface area contributed by atoms with Gasteiger partial charge in [-0.05, 0) is 42.2 Å². The van der Waals surface area contributed by atoms with E-state index in [4.69, 9.17) is 11.5 Å². The maximum absolute atomic E-state index is 12.6. The highest BCUT2D eigenvalue weighted by Gasteiger charge is 2.25. The number of nitrogens with one attached hydrogen (secondary N) is 1. The molecule has 1 radical (unpaired) electrons. The van der Waals surface area contributed by atoms with E-state index in [0.717, 1.165) is 11.1 Å². The molecule has 1 aliphatic rings. The molecule has 0 saturated carbocycles. The van der Waals surface area contributed by atoms with Gasteiger partial charge in [0.1, 0.15) is 0 Å². The van der Waals surface area contributed by atoms with Gasteiger partial charge in [0.25, 0.3) is 0 Å². The number of anilines is 1. The summed E-state index contributed by atoms with van der Waals surface area (Å²) in [7, 11) is 0. The van der Waals surface area contributed by atoms with Crippen molar-refractivity contribution in [2.75, 3.05) is 5.32 Å². The van der Waals surface area contributed by atoms with Gasteiger partial charge in [0, 0.05) is 17.2 Å². The standard InChI is InChI=1S/C22H22N3O2/c23-19(14-15-8-2-1-3-9-15)22(27)25-20-13-7-6-11-17(20)16-10-4-5-12-18(16)21(24)26/h1-4,6-9,11-13,16,19H,10,14,23H2,(H2,24,26)(H,25,27). The van der Waals surface area contributed by atoms with E-state index >= 15 is 0 Å². The van der Waals surface area contributed by atoms with Crippen molar-refractivity contribution in [3.8, 4) is 0 Å². The highest BCUT2D eigenvalue weighted by Crippen LogP contribution is 2.35. The van der Waals surface area contributed by atoms with Crippen LogP contribution < -0.4 is 16.8 Å².